The molecule has 0 saturated heterocycles. The molecule has 1 aromatic carbocycles. The lowest BCUT2D eigenvalue weighted by atomic mass is 10.2. The van der Waals surface area contributed by atoms with E-state index >= 15 is 0 Å². The van der Waals surface area contributed by atoms with Crippen LogP contribution in [0, 0.1) is 0 Å². The molecule has 2 N–H and O–H groups in total. The molecule has 1 rings (SSSR count). The Hall–Kier alpha value is -2.24. The van der Waals surface area contributed by atoms with Gasteiger partial charge >= 0.3 is 5.97 Å². The Morgan fingerprint density at radius 3 is 2.65 bits per heavy atom. The second-order valence-electron chi connectivity index (χ2n) is 4.33. The van der Waals surface area contributed by atoms with Crippen LogP contribution in [-0.4, -0.2) is 36.7 Å². The number of hydrogen-bond acceptors (Lipinski definition) is 4. The Kier molecular flexibility index (Phi) is 5.83. The number of rotatable bonds is 7. The van der Waals surface area contributed by atoms with Gasteiger partial charge in [0.1, 0.15) is 17.1 Å². The summed E-state index contributed by atoms with van der Waals surface area (Å²) >= 11 is 0. The van der Waals surface area contributed by atoms with E-state index in [0.717, 1.165) is 6.42 Å². The van der Waals surface area contributed by atoms with Crippen LogP contribution in [0.3, 0.4) is 0 Å². The Labute approximate surface area is 117 Å². The van der Waals surface area contributed by atoms with E-state index in [9.17, 15) is 9.59 Å². The van der Waals surface area contributed by atoms with E-state index in [-0.39, 0.29) is 29.9 Å². The van der Waals surface area contributed by atoms with Gasteiger partial charge in [0.05, 0.1) is 7.11 Å². The molecule has 0 saturated carbocycles. The molecule has 0 heterocycles. The van der Waals surface area contributed by atoms with E-state index in [1.165, 1.54) is 25.3 Å². The number of ether oxygens (including phenoxy) is 2. The van der Waals surface area contributed by atoms with Gasteiger partial charge in [-0.2, -0.15) is 0 Å². The molecule has 0 spiro atoms. The van der Waals surface area contributed by atoms with Gasteiger partial charge in [0, 0.05) is 12.1 Å². The second-order valence-corrected chi connectivity index (χ2v) is 4.33. The van der Waals surface area contributed by atoms with Gasteiger partial charge in [0.2, 0.25) is 0 Å². The molecule has 0 fully saturated rings. The minimum atomic E-state index is -1.12. The number of aromatic carboxylic acids is 1. The fourth-order valence-electron chi connectivity index (χ4n) is 1.49. The molecule has 1 atom stereocenters. The van der Waals surface area contributed by atoms with Crippen LogP contribution in [0.4, 0.5) is 0 Å². The summed E-state index contributed by atoms with van der Waals surface area (Å²) in [5, 5.41) is 11.8. The molecule has 0 bridgehead atoms. The summed E-state index contributed by atoms with van der Waals surface area (Å²) in [6, 6.07) is 4.40. The molecule has 110 valence electrons. The SMILES string of the molecule is CCC(C)NC(=O)COc1cc(OC)ccc1C(=O)O. The van der Waals surface area contributed by atoms with E-state index < -0.39 is 5.97 Å². The van der Waals surface area contributed by atoms with Gasteiger partial charge < -0.3 is 19.9 Å². The maximum atomic E-state index is 11.6. The summed E-state index contributed by atoms with van der Waals surface area (Å²) < 4.78 is 10.3. The monoisotopic (exact) mass is 281 g/mol. The van der Waals surface area contributed by atoms with Crippen LogP contribution in [0.25, 0.3) is 0 Å². The van der Waals surface area contributed by atoms with Gasteiger partial charge in [0.25, 0.3) is 5.91 Å². The number of benzene rings is 1. The summed E-state index contributed by atoms with van der Waals surface area (Å²) in [5.41, 5.74) is -0.0119. The van der Waals surface area contributed by atoms with Crippen LogP contribution < -0.4 is 14.8 Å². The highest BCUT2D eigenvalue weighted by atomic mass is 16.5. The zero-order valence-corrected chi connectivity index (χ0v) is 11.8. The fraction of sp³-hybridized carbons (Fsp3) is 0.429. The third-order valence-corrected chi connectivity index (χ3v) is 2.80. The molecular formula is C14H19NO5. The third kappa shape index (κ3) is 4.46. The largest absolute Gasteiger partial charge is 0.497 e. The number of carboxylic acid groups (broad SMARTS) is 1. The second kappa shape index (κ2) is 7.37. The molecule has 0 aromatic heterocycles. The summed E-state index contributed by atoms with van der Waals surface area (Å²) in [5.74, 6) is -0.841. The van der Waals surface area contributed by atoms with E-state index in [4.69, 9.17) is 14.6 Å². The summed E-state index contributed by atoms with van der Waals surface area (Å²) in [6.07, 6.45) is 0.811. The minimum Gasteiger partial charge on any atom is -0.497 e. The Bertz CT molecular complexity index is 486. The highest BCUT2D eigenvalue weighted by molar-refractivity contribution is 5.91. The van der Waals surface area contributed by atoms with Crippen molar-refractivity contribution >= 4 is 11.9 Å². The van der Waals surface area contributed by atoms with Crippen LogP contribution in [-0.2, 0) is 4.79 Å². The van der Waals surface area contributed by atoms with E-state index in [1.54, 1.807) is 0 Å². The number of amides is 1. The summed E-state index contributed by atoms with van der Waals surface area (Å²) in [4.78, 5) is 22.7. The van der Waals surface area contributed by atoms with Crippen molar-refractivity contribution < 1.29 is 24.2 Å². The molecule has 1 aromatic rings. The van der Waals surface area contributed by atoms with Crippen molar-refractivity contribution in [2.45, 2.75) is 26.3 Å². The lowest BCUT2D eigenvalue weighted by molar-refractivity contribution is -0.123. The van der Waals surface area contributed by atoms with Crippen molar-refractivity contribution in [1.82, 2.24) is 5.32 Å². The Morgan fingerprint density at radius 2 is 2.10 bits per heavy atom. The van der Waals surface area contributed by atoms with Crippen molar-refractivity contribution in [2.24, 2.45) is 0 Å². The molecule has 1 amide bonds. The van der Waals surface area contributed by atoms with Gasteiger partial charge in [-0.25, -0.2) is 4.79 Å². The average molecular weight is 281 g/mol. The summed E-state index contributed by atoms with van der Waals surface area (Å²) in [7, 11) is 1.47. The zero-order valence-electron chi connectivity index (χ0n) is 11.8. The first-order valence-electron chi connectivity index (χ1n) is 6.31. The van der Waals surface area contributed by atoms with Gasteiger partial charge in [-0.15, -0.1) is 0 Å². The smallest absolute Gasteiger partial charge is 0.339 e. The summed E-state index contributed by atoms with van der Waals surface area (Å²) in [6.45, 7) is 3.60. The zero-order chi connectivity index (χ0) is 15.1. The first kappa shape index (κ1) is 15.8. The fourth-order valence-corrected chi connectivity index (χ4v) is 1.49. The van der Waals surface area contributed by atoms with Gasteiger partial charge in [-0.1, -0.05) is 6.92 Å². The number of nitrogens with one attached hydrogen (secondary N) is 1. The highest BCUT2D eigenvalue weighted by Gasteiger charge is 2.14. The van der Waals surface area contributed by atoms with E-state index in [0.29, 0.717) is 5.75 Å². The lowest BCUT2D eigenvalue weighted by Crippen LogP contribution is -2.35. The molecule has 6 nitrogen and oxygen atoms in total. The van der Waals surface area contributed by atoms with Crippen LogP contribution in [0.15, 0.2) is 18.2 Å². The Balaban J connectivity index is 2.75. The number of carboxylic acids is 1. The van der Waals surface area contributed by atoms with Crippen molar-refractivity contribution in [2.75, 3.05) is 13.7 Å². The number of carbonyl (C=O) groups excluding carboxylic acids is 1. The molecule has 1 unspecified atom stereocenters. The predicted octanol–water partition coefficient (Wildman–Crippen LogP) is 1.69. The maximum absolute atomic E-state index is 11.6. The molecule has 0 aliphatic heterocycles. The van der Waals surface area contributed by atoms with Crippen LogP contribution in [0.1, 0.15) is 30.6 Å². The maximum Gasteiger partial charge on any atom is 0.339 e. The quantitative estimate of drug-likeness (QED) is 0.794. The highest BCUT2D eigenvalue weighted by Crippen LogP contribution is 2.24. The standard InChI is InChI=1S/C14H19NO5/c1-4-9(2)15-13(16)8-20-12-7-10(19-3)5-6-11(12)14(17)18/h5-7,9H,4,8H2,1-3H3,(H,15,16)(H,17,18). The van der Waals surface area contributed by atoms with E-state index in [2.05, 4.69) is 5.32 Å². The molecule has 20 heavy (non-hydrogen) atoms. The topological polar surface area (TPSA) is 84.9 Å². The van der Waals surface area contributed by atoms with Gasteiger partial charge in [-0.05, 0) is 25.5 Å². The van der Waals surface area contributed by atoms with Crippen molar-refractivity contribution in [3.63, 3.8) is 0 Å². The van der Waals surface area contributed by atoms with Gasteiger partial charge in [0.15, 0.2) is 6.61 Å². The molecule has 0 aliphatic rings. The molecule has 0 aliphatic carbocycles. The van der Waals surface area contributed by atoms with Crippen LogP contribution >= 0.6 is 0 Å². The van der Waals surface area contributed by atoms with Crippen molar-refractivity contribution in [1.29, 1.82) is 0 Å². The first-order valence-corrected chi connectivity index (χ1v) is 6.31. The first-order chi connectivity index (χ1) is 9.47. The van der Waals surface area contributed by atoms with Crippen LogP contribution in [0.5, 0.6) is 11.5 Å². The minimum absolute atomic E-state index is 0.0119. The number of carbonyl (C=O) groups is 2. The molecular weight excluding hydrogens is 262 g/mol. The van der Waals surface area contributed by atoms with Crippen molar-refractivity contribution in [3.05, 3.63) is 23.8 Å². The molecule has 6 heteroatoms. The Morgan fingerprint density at radius 1 is 1.40 bits per heavy atom. The lowest BCUT2D eigenvalue weighted by Gasteiger charge is -2.13. The molecule has 0 radical (unpaired) electrons. The van der Waals surface area contributed by atoms with Gasteiger partial charge in [-0.3, -0.25) is 4.79 Å². The van der Waals surface area contributed by atoms with Crippen molar-refractivity contribution in [3.8, 4) is 11.5 Å². The van der Waals surface area contributed by atoms with E-state index in [1.807, 2.05) is 13.8 Å². The number of hydrogen-bond donors (Lipinski definition) is 2. The van der Waals surface area contributed by atoms with Crippen LogP contribution in [0.2, 0.25) is 0 Å². The number of methoxy groups -OCH3 is 1. The normalized spacial score (nSPS) is 11.6. The third-order valence-electron chi connectivity index (χ3n) is 2.80. The average Bonchev–Trinajstić information content (AvgIpc) is 2.44. The predicted molar refractivity (Wildman–Crippen MR) is 73.3 cm³/mol.